The van der Waals surface area contributed by atoms with Crippen molar-refractivity contribution >= 4 is 5.84 Å². The van der Waals surface area contributed by atoms with Gasteiger partial charge in [-0.2, -0.15) is 0 Å². The lowest BCUT2D eigenvalue weighted by molar-refractivity contribution is 0.444. The van der Waals surface area contributed by atoms with E-state index in [4.69, 9.17) is 5.41 Å². The highest BCUT2D eigenvalue weighted by molar-refractivity contribution is 5.80. The minimum atomic E-state index is 0.806. The standard InChI is InChI=1S/C13H18N2/c1-2-11-6-3-4-7-12(11)10-15-9-5-8-13(15)14/h3-4,6-7,14H,2,5,8-10H2,1H3. The predicted molar refractivity (Wildman–Crippen MR) is 63.2 cm³/mol. The molecule has 80 valence electrons. The summed E-state index contributed by atoms with van der Waals surface area (Å²) < 4.78 is 0. The SMILES string of the molecule is CCc1ccccc1CN1CCCC1=N. The molecule has 0 spiro atoms. The molecule has 0 radical (unpaired) electrons. The first-order valence-electron chi connectivity index (χ1n) is 5.70. The molecule has 2 heteroatoms. The van der Waals surface area contributed by atoms with Crippen LogP contribution in [0.1, 0.15) is 30.9 Å². The van der Waals surface area contributed by atoms with Crippen LogP contribution < -0.4 is 0 Å². The van der Waals surface area contributed by atoms with Crippen molar-refractivity contribution in [3.8, 4) is 0 Å². The van der Waals surface area contributed by atoms with Crippen molar-refractivity contribution in [2.75, 3.05) is 6.54 Å². The second kappa shape index (κ2) is 4.47. The highest BCUT2D eigenvalue weighted by Gasteiger charge is 2.17. The van der Waals surface area contributed by atoms with E-state index < -0.39 is 0 Å². The number of amidine groups is 1. The van der Waals surface area contributed by atoms with Gasteiger partial charge < -0.3 is 4.90 Å². The van der Waals surface area contributed by atoms with Gasteiger partial charge >= 0.3 is 0 Å². The molecule has 0 aliphatic carbocycles. The zero-order chi connectivity index (χ0) is 10.7. The van der Waals surface area contributed by atoms with Crippen LogP contribution in [0.2, 0.25) is 0 Å². The minimum absolute atomic E-state index is 0.806. The molecule has 0 bridgehead atoms. The molecule has 1 aromatic carbocycles. The normalized spacial score (nSPS) is 16.1. The number of nitrogens with zero attached hydrogens (tertiary/aromatic N) is 1. The van der Waals surface area contributed by atoms with Crippen LogP contribution in [-0.2, 0) is 13.0 Å². The van der Waals surface area contributed by atoms with Crippen LogP contribution in [0.5, 0.6) is 0 Å². The van der Waals surface area contributed by atoms with Gasteiger partial charge in [0, 0.05) is 19.5 Å². The Labute approximate surface area is 91.4 Å². The van der Waals surface area contributed by atoms with E-state index in [0.717, 1.165) is 38.2 Å². The van der Waals surface area contributed by atoms with Gasteiger partial charge in [-0.25, -0.2) is 0 Å². The second-order valence-electron chi connectivity index (χ2n) is 4.09. The minimum Gasteiger partial charge on any atom is -0.356 e. The molecule has 2 rings (SSSR count). The highest BCUT2D eigenvalue weighted by atomic mass is 15.2. The number of benzene rings is 1. The van der Waals surface area contributed by atoms with Gasteiger partial charge in [0.2, 0.25) is 0 Å². The second-order valence-corrected chi connectivity index (χ2v) is 4.09. The Morgan fingerprint density at radius 2 is 2.00 bits per heavy atom. The van der Waals surface area contributed by atoms with Crippen molar-refractivity contribution in [3.05, 3.63) is 35.4 Å². The van der Waals surface area contributed by atoms with Gasteiger partial charge in [0.15, 0.2) is 0 Å². The summed E-state index contributed by atoms with van der Waals surface area (Å²) in [4.78, 5) is 2.19. The predicted octanol–water partition coefficient (Wildman–Crippen LogP) is 2.82. The summed E-state index contributed by atoms with van der Waals surface area (Å²) >= 11 is 0. The summed E-state index contributed by atoms with van der Waals surface area (Å²) in [6, 6.07) is 8.56. The fraction of sp³-hybridized carbons (Fsp3) is 0.462. The third-order valence-electron chi connectivity index (χ3n) is 3.08. The summed E-state index contributed by atoms with van der Waals surface area (Å²) in [5, 5.41) is 7.81. The fourth-order valence-electron chi connectivity index (χ4n) is 2.17. The van der Waals surface area contributed by atoms with Crippen molar-refractivity contribution in [3.63, 3.8) is 0 Å². The molecule has 1 saturated heterocycles. The van der Waals surface area contributed by atoms with Crippen LogP contribution in [0.3, 0.4) is 0 Å². The van der Waals surface area contributed by atoms with Crippen LogP contribution in [0.4, 0.5) is 0 Å². The maximum atomic E-state index is 7.81. The maximum absolute atomic E-state index is 7.81. The third-order valence-corrected chi connectivity index (χ3v) is 3.08. The molecule has 15 heavy (non-hydrogen) atoms. The fourth-order valence-corrected chi connectivity index (χ4v) is 2.17. The Morgan fingerprint density at radius 1 is 1.27 bits per heavy atom. The zero-order valence-corrected chi connectivity index (χ0v) is 9.29. The van der Waals surface area contributed by atoms with Gasteiger partial charge in [-0.15, -0.1) is 0 Å². The van der Waals surface area contributed by atoms with Crippen LogP contribution in [0.15, 0.2) is 24.3 Å². The van der Waals surface area contributed by atoms with E-state index in [1.54, 1.807) is 0 Å². The average Bonchev–Trinajstić information content (AvgIpc) is 2.65. The van der Waals surface area contributed by atoms with Gasteiger partial charge in [0.1, 0.15) is 0 Å². The van der Waals surface area contributed by atoms with Gasteiger partial charge in [0.25, 0.3) is 0 Å². The molecule has 1 aromatic rings. The first kappa shape index (κ1) is 10.2. The van der Waals surface area contributed by atoms with Crippen LogP contribution in [0.25, 0.3) is 0 Å². The number of hydrogen-bond acceptors (Lipinski definition) is 1. The smallest absolute Gasteiger partial charge is 0.0961 e. The molecule has 0 atom stereocenters. The molecule has 1 N–H and O–H groups in total. The summed E-state index contributed by atoms with van der Waals surface area (Å²) in [5.41, 5.74) is 2.80. The number of hydrogen-bond donors (Lipinski definition) is 1. The number of nitrogens with one attached hydrogen (secondary N) is 1. The third kappa shape index (κ3) is 2.20. The lowest BCUT2D eigenvalue weighted by Crippen LogP contribution is -2.23. The topological polar surface area (TPSA) is 27.1 Å². The molecule has 0 unspecified atom stereocenters. The first-order valence-corrected chi connectivity index (χ1v) is 5.70. The molecule has 1 aliphatic heterocycles. The summed E-state index contributed by atoms with van der Waals surface area (Å²) in [6.45, 7) is 4.16. The monoisotopic (exact) mass is 202 g/mol. The largest absolute Gasteiger partial charge is 0.356 e. The molecule has 1 fully saturated rings. The van der Waals surface area contributed by atoms with E-state index in [0.29, 0.717) is 0 Å². The summed E-state index contributed by atoms with van der Waals surface area (Å²) in [6.07, 6.45) is 3.18. The Bertz CT molecular complexity index is 357. The molecule has 0 saturated carbocycles. The van der Waals surface area contributed by atoms with E-state index >= 15 is 0 Å². The van der Waals surface area contributed by atoms with Crippen molar-refractivity contribution in [1.29, 1.82) is 5.41 Å². The number of rotatable bonds is 3. The van der Waals surface area contributed by atoms with Gasteiger partial charge in [0.05, 0.1) is 5.84 Å². The van der Waals surface area contributed by atoms with E-state index in [9.17, 15) is 0 Å². The van der Waals surface area contributed by atoms with Crippen molar-refractivity contribution in [2.24, 2.45) is 0 Å². The number of aryl methyl sites for hydroxylation is 1. The van der Waals surface area contributed by atoms with Crippen LogP contribution >= 0.6 is 0 Å². The van der Waals surface area contributed by atoms with Gasteiger partial charge in [-0.3, -0.25) is 5.41 Å². The maximum Gasteiger partial charge on any atom is 0.0961 e. The van der Waals surface area contributed by atoms with Crippen LogP contribution in [-0.4, -0.2) is 17.3 Å². The molecule has 0 aromatic heterocycles. The van der Waals surface area contributed by atoms with Gasteiger partial charge in [-0.1, -0.05) is 31.2 Å². The lowest BCUT2D eigenvalue weighted by atomic mass is 10.1. The molecule has 1 heterocycles. The van der Waals surface area contributed by atoms with Crippen LogP contribution in [0, 0.1) is 5.41 Å². The molecule has 0 amide bonds. The lowest BCUT2D eigenvalue weighted by Gasteiger charge is -2.19. The van der Waals surface area contributed by atoms with Crippen molar-refractivity contribution in [1.82, 2.24) is 4.90 Å². The molecular weight excluding hydrogens is 184 g/mol. The van der Waals surface area contributed by atoms with E-state index in [1.807, 2.05) is 0 Å². The first-order chi connectivity index (χ1) is 7.31. The summed E-state index contributed by atoms with van der Waals surface area (Å²) in [5.74, 6) is 0.806. The number of likely N-dealkylation sites (tertiary alicyclic amines) is 1. The average molecular weight is 202 g/mol. The van der Waals surface area contributed by atoms with Crippen molar-refractivity contribution < 1.29 is 0 Å². The Kier molecular flexibility index (Phi) is 3.05. The van der Waals surface area contributed by atoms with E-state index in [1.165, 1.54) is 11.1 Å². The molecular formula is C13H18N2. The van der Waals surface area contributed by atoms with Crippen molar-refractivity contribution in [2.45, 2.75) is 32.7 Å². The Morgan fingerprint density at radius 3 is 2.60 bits per heavy atom. The summed E-state index contributed by atoms with van der Waals surface area (Å²) in [7, 11) is 0. The van der Waals surface area contributed by atoms with E-state index in [2.05, 4.69) is 36.1 Å². The highest BCUT2D eigenvalue weighted by Crippen LogP contribution is 2.17. The Hall–Kier alpha value is -1.31. The van der Waals surface area contributed by atoms with E-state index in [-0.39, 0.29) is 0 Å². The Balaban J connectivity index is 2.12. The zero-order valence-electron chi connectivity index (χ0n) is 9.29. The quantitative estimate of drug-likeness (QED) is 0.801. The van der Waals surface area contributed by atoms with Gasteiger partial charge in [-0.05, 0) is 24.0 Å². The molecule has 2 nitrogen and oxygen atoms in total. The molecule has 1 aliphatic rings.